The smallest absolute Gasteiger partial charge is 0.181 e. The third-order valence-corrected chi connectivity index (χ3v) is 3.74. The third-order valence-electron chi connectivity index (χ3n) is 3.74. The fraction of sp³-hybridized carbons (Fsp3) is 0.700. The largest absolute Gasteiger partial charge is 0.448 e. The maximum Gasteiger partial charge on any atom is 0.181 e. The number of oxazole rings is 1. The SMILES string of the molecule is N[C@@H]1c2ncoc2CC12CCNCC2. The number of nitrogens with one attached hydrogen (secondary N) is 1. The highest BCUT2D eigenvalue weighted by molar-refractivity contribution is 5.25. The van der Waals surface area contributed by atoms with E-state index >= 15 is 0 Å². The lowest BCUT2D eigenvalue weighted by Gasteiger charge is -2.37. The van der Waals surface area contributed by atoms with Crippen LogP contribution in [0.2, 0.25) is 0 Å². The first-order chi connectivity index (χ1) is 6.82. The van der Waals surface area contributed by atoms with Crippen LogP contribution < -0.4 is 11.1 Å². The number of aromatic nitrogens is 1. The van der Waals surface area contributed by atoms with E-state index in [1.165, 1.54) is 6.39 Å². The molecule has 2 heterocycles. The molecule has 1 aliphatic heterocycles. The zero-order valence-electron chi connectivity index (χ0n) is 8.12. The number of nitrogens with zero attached hydrogens (tertiary/aromatic N) is 1. The molecule has 4 heteroatoms. The van der Waals surface area contributed by atoms with E-state index in [0.717, 1.165) is 43.8 Å². The molecule has 1 atom stereocenters. The molecule has 0 amide bonds. The van der Waals surface area contributed by atoms with Crippen molar-refractivity contribution in [2.75, 3.05) is 13.1 Å². The zero-order chi connectivity index (χ0) is 9.60. The molecule has 1 aromatic rings. The van der Waals surface area contributed by atoms with Crippen molar-refractivity contribution in [3.05, 3.63) is 17.8 Å². The van der Waals surface area contributed by atoms with Gasteiger partial charge in [-0.05, 0) is 25.9 Å². The van der Waals surface area contributed by atoms with Gasteiger partial charge in [-0.25, -0.2) is 4.98 Å². The number of rotatable bonds is 0. The molecule has 76 valence electrons. The van der Waals surface area contributed by atoms with Gasteiger partial charge in [0, 0.05) is 11.8 Å². The monoisotopic (exact) mass is 193 g/mol. The summed E-state index contributed by atoms with van der Waals surface area (Å²) >= 11 is 0. The van der Waals surface area contributed by atoms with Gasteiger partial charge in [-0.15, -0.1) is 0 Å². The lowest BCUT2D eigenvalue weighted by molar-refractivity contribution is 0.166. The Morgan fingerprint density at radius 1 is 1.50 bits per heavy atom. The van der Waals surface area contributed by atoms with Crippen molar-refractivity contribution in [2.24, 2.45) is 11.1 Å². The van der Waals surface area contributed by atoms with E-state index in [1.54, 1.807) is 0 Å². The van der Waals surface area contributed by atoms with Gasteiger partial charge in [0.2, 0.25) is 0 Å². The van der Waals surface area contributed by atoms with Crippen LogP contribution in [0.1, 0.15) is 30.3 Å². The number of hydrogen-bond acceptors (Lipinski definition) is 4. The highest BCUT2D eigenvalue weighted by Gasteiger charge is 2.47. The van der Waals surface area contributed by atoms with Crippen LogP contribution in [-0.4, -0.2) is 18.1 Å². The topological polar surface area (TPSA) is 64.1 Å². The summed E-state index contributed by atoms with van der Waals surface area (Å²) in [7, 11) is 0. The normalized spacial score (nSPS) is 29.4. The van der Waals surface area contributed by atoms with Gasteiger partial charge in [0.1, 0.15) is 5.76 Å². The molecule has 1 spiro atoms. The molecule has 4 nitrogen and oxygen atoms in total. The summed E-state index contributed by atoms with van der Waals surface area (Å²) in [4.78, 5) is 4.22. The minimum absolute atomic E-state index is 0.0818. The Labute approximate surface area is 82.9 Å². The number of piperidine rings is 1. The van der Waals surface area contributed by atoms with Crippen molar-refractivity contribution < 1.29 is 4.42 Å². The van der Waals surface area contributed by atoms with Gasteiger partial charge in [0.15, 0.2) is 6.39 Å². The van der Waals surface area contributed by atoms with E-state index in [-0.39, 0.29) is 11.5 Å². The Hall–Kier alpha value is -0.870. The minimum atomic E-state index is 0.0818. The van der Waals surface area contributed by atoms with Crippen LogP contribution in [0.5, 0.6) is 0 Å². The molecule has 2 aliphatic rings. The summed E-state index contributed by atoms with van der Waals surface area (Å²) < 4.78 is 5.36. The minimum Gasteiger partial charge on any atom is -0.448 e. The van der Waals surface area contributed by atoms with Gasteiger partial charge in [-0.2, -0.15) is 0 Å². The second-order valence-corrected chi connectivity index (χ2v) is 4.43. The fourth-order valence-electron chi connectivity index (χ4n) is 2.80. The van der Waals surface area contributed by atoms with E-state index in [1.807, 2.05) is 0 Å². The van der Waals surface area contributed by atoms with Crippen LogP contribution >= 0.6 is 0 Å². The van der Waals surface area contributed by atoms with Gasteiger partial charge in [0.05, 0.1) is 11.7 Å². The maximum atomic E-state index is 6.25. The molecular weight excluding hydrogens is 178 g/mol. The maximum absolute atomic E-state index is 6.25. The lowest BCUT2D eigenvalue weighted by atomic mass is 9.74. The number of fused-ring (bicyclic) bond motifs is 1. The van der Waals surface area contributed by atoms with Gasteiger partial charge >= 0.3 is 0 Å². The Bertz CT molecular complexity index is 341. The molecule has 1 saturated heterocycles. The Kier molecular flexibility index (Phi) is 1.69. The highest BCUT2D eigenvalue weighted by atomic mass is 16.3. The second-order valence-electron chi connectivity index (χ2n) is 4.43. The summed E-state index contributed by atoms with van der Waals surface area (Å²) in [5.41, 5.74) is 7.47. The molecule has 0 aromatic carbocycles. The van der Waals surface area contributed by atoms with Crippen LogP contribution in [0, 0.1) is 5.41 Å². The predicted octanol–water partition coefficient (Wildman–Crippen LogP) is 0.600. The standard InChI is InChI=1S/C10H15N3O/c11-9-8-7(14-6-13-8)5-10(9)1-3-12-4-2-10/h6,9,12H,1-5,11H2/t9-/m1/s1. The Morgan fingerprint density at radius 2 is 2.29 bits per heavy atom. The number of nitrogens with two attached hydrogens (primary N) is 1. The Balaban J connectivity index is 1.94. The van der Waals surface area contributed by atoms with Gasteiger partial charge in [-0.1, -0.05) is 0 Å². The molecule has 1 aliphatic carbocycles. The molecule has 3 rings (SSSR count). The first-order valence-electron chi connectivity index (χ1n) is 5.20. The quantitative estimate of drug-likeness (QED) is 0.633. The van der Waals surface area contributed by atoms with Crippen molar-refractivity contribution in [3.8, 4) is 0 Å². The van der Waals surface area contributed by atoms with E-state index in [9.17, 15) is 0 Å². The first-order valence-corrected chi connectivity index (χ1v) is 5.20. The van der Waals surface area contributed by atoms with Crippen LogP contribution in [0.3, 0.4) is 0 Å². The highest BCUT2D eigenvalue weighted by Crippen LogP contribution is 2.49. The molecular formula is C10H15N3O. The second kappa shape index (κ2) is 2.81. The average molecular weight is 193 g/mol. The molecule has 3 N–H and O–H groups in total. The van der Waals surface area contributed by atoms with Gasteiger partial charge in [-0.3, -0.25) is 0 Å². The van der Waals surface area contributed by atoms with Crippen molar-refractivity contribution in [1.29, 1.82) is 0 Å². The van der Waals surface area contributed by atoms with Crippen LogP contribution in [0.4, 0.5) is 0 Å². The van der Waals surface area contributed by atoms with Crippen molar-refractivity contribution in [2.45, 2.75) is 25.3 Å². The van der Waals surface area contributed by atoms with Gasteiger partial charge < -0.3 is 15.5 Å². The summed E-state index contributed by atoms with van der Waals surface area (Å²) in [6, 6.07) is 0.0818. The molecule has 0 radical (unpaired) electrons. The van der Waals surface area contributed by atoms with Crippen molar-refractivity contribution in [1.82, 2.24) is 10.3 Å². The molecule has 14 heavy (non-hydrogen) atoms. The van der Waals surface area contributed by atoms with Crippen LogP contribution in [0.15, 0.2) is 10.8 Å². The van der Waals surface area contributed by atoms with E-state index < -0.39 is 0 Å². The first kappa shape index (κ1) is 8.44. The van der Waals surface area contributed by atoms with Crippen molar-refractivity contribution in [3.63, 3.8) is 0 Å². The summed E-state index contributed by atoms with van der Waals surface area (Å²) in [5, 5.41) is 3.37. The molecule has 0 saturated carbocycles. The third kappa shape index (κ3) is 0.980. The lowest BCUT2D eigenvalue weighted by Crippen LogP contribution is -2.42. The van der Waals surface area contributed by atoms with E-state index in [0.29, 0.717) is 0 Å². The summed E-state index contributed by atoms with van der Waals surface area (Å²) in [5.74, 6) is 1.01. The van der Waals surface area contributed by atoms with Crippen LogP contribution in [-0.2, 0) is 6.42 Å². The molecule has 0 bridgehead atoms. The Morgan fingerprint density at radius 3 is 3.00 bits per heavy atom. The average Bonchev–Trinajstić information content (AvgIpc) is 2.73. The van der Waals surface area contributed by atoms with E-state index in [2.05, 4.69) is 10.3 Å². The molecule has 0 unspecified atom stereocenters. The number of hydrogen-bond donors (Lipinski definition) is 2. The predicted molar refractivity (Wildman–Crippen MR) is 51.7 cm³/mol. The summed E-state index contributed by atoms with van der Waals surface area (Å²) in [6.07, 6.45) is 4.77. The van der Waals surface area contributed by atoms with Crippen LogP contribution in [0.25, 0.3) is 0 Å². The van der Waals surface area contributed by atoms with Gasteiger partial charge in [0.25, 0.3) is 0 Å². The summed E-state index contributed by atoms with van der Waals surface area (Å²) in [6.45, 7) is 2.13. The molecule has 1 fully saturated rings. The van der Waals surface area contributed by atoms with Crippen molar-refractivity contribution >= 4 is 0 Å². The van der Waals surface area contributed by atoms with E-state index in [4.69, 9.17) is 10.2 Å². The zero-order valence-corrected chi connectivity index (χ0v) is 8.12. The molecule has 1 aromatic heterocycles. The fourth-order valence-corrected chi connectivity index (χ4v) is 2.80.